The van der Waals surface area contributed by atoms with Crippen molar-refractivity contribution in [3.63, 3.8) is 0 Å². The Kier molecular flexibility index (Phi) is 4.84. The third-order valence-corrected chi connectivity index (χ3v) is 3.61. The second kappa shape index (κ2) is 7.40. The standard InChI is InChI=1S/C19H19N3O/c1-23-17-9-7-16(8-10-17)18-11-12-19(22-21-18)20-14-13-15-5-3-2-4-6-15/h2-12H,13-14H2,1H3,(H,20,22). The van der Waals surface area contributed by atoms with Crippen molar-refractivity contribution in [2.75, 3.05) is 19.0 Å². The van der Waals surface area contributed by atoms with Crippen LogP contribution in [0.5, 0.6) is 5.75 Å². The average molecular weight is 305 g/mol. The highest BCUT2D eigenvalue weighted by Gasteiger charge is 2.02. The van der Waals surface area contributed by atoms with Crippen molar-refractivity contribution in [2.24, 2.45) is 0 Å². The summed E-state index contributed by atoms with van der Waals surface area (Å²) in [6.07, 6.45) is 0.961. The summed E-state index contributed by atoms with van der Waals surface area (Å²) >= 11 is 0. The number of aromatic nitrogens is 2. The van der Waals surface area contributed by atoms with E-state index in [1.54, 1.807) is 7.11 Å². The molecule has 0 unspecified atom stereocenters. The number of nitrogens with zero attached hydrogens (tertiary/aromatic N) is 2. The van der Waals surface area contributed by atoms with E-state index in [9.17, 15) is 0 Å². The second-order valence-electron chi connectivity index (χ2n) is 5.19. The summed E-state index contributed by atoms with van der Waals surface area (Å²) in [4.78, 5) is 0. The number of methoxy groups -OCH3 is 1. The fraction of sp³-hybridized carbons (Fsp3) is 0.158. The van der Waals surface area contributed by atoms with Gasteiger partial charge in [0.05, 0.1) is 12.8 Å². The molecule has 0 spiro atoms. The van der Waals surface area contributed by atoms with Crippen LogP contribution in [-0.4, -0.2) is 23.9 Å². The van der Waals surface area contributed by atoms with Crippen molar-refractivity contribution in [2.45, 2.75) is 6.42 Å². The van der Waals surface area contributed by atoms with Crippen LogP contribution in [0, 0.1) is 0 Å². The number of rotatable bonds is 6. The Bertz CT molecular complexity index is 725. The fourth-order valence-electron chi connectivity index (χ4n) is 2.32. The van der Waals surface area contributed by atoms with Crippen LogP contribution in [0.4, 0.5) is 5.82 Å². The SMILES string of the molecule is COc1ccc(-c2ccc(NCCc3ccccc3)nn2)cc1. The monoisotopic (exact) mass is 305 g/mol. The molecule has 0 aliphatic rings. The molecule has 1 heterocycles. The normalized spacial score (nSPS) is 10.3. The number of hydrogen-bond acceptors (Lipinski definition) is 4. The van der Waals surface area contributed by atoms with E-state index < -0.39 is 0 Å². The summed E-state index contributed by atoms with van der Waals surface area (Å²) in [5.41, 5.74) is 3.18. The minimum atomic E-state index is 0.790. The minimum absolute atomic E-state index is 0.790. The van der Waals surface area contributed by atoms with Gasteiger partial charge in [-0.2, -0.15) is 0 Å². The summed E-state index contributed by atoms with van der Waals surface area (Å²) in [5, 5.41) is 11.8. The van der Waals surface area contributed by atoms with Crippen LogP contribution < -0.4 is 10.1 Å². The summed E-state index contributed by atoms with van der Waals surface area (Å²) in [6, 6.07) is 22.1. The third-order valence-electron chi connectivity index (χ3n) is 3.61. The predicted molar refractivity (Wildman–Crippen MR) is 92.7 cm³/mol. The lowest BCUT2D eigenvalue weighted by Crippen LogP contribution is -2.06. The molecule has 0 saturated carbocycles. The molecule has 0 radical (unpaired) electrons. The van der Waals surface area contributed by atoms with Crippen molar-refractivity contribution in [1.82, 2.24) is 10.2 Å². The van der Waals surface area contributed by atoms with Crippen LogP contribution in [0.2, 0.25) is 0 Å². The molecular weight excluding hydrogens is 286 g/mol. The Morgan fingerprint density at radius 2 is 1.65 bits per heavy atom. The summed E-state index contributed by atoms with van der Waals surface area (Å²) < 4.78 is 5.16. The largest absolute Gasteiger partial charge is 0.497 e. The van der Waals surface area contributed by atoms with Gasteiger partial charge in [-0.3, -0.25) is 0 Å². The molecule has 0 aliphatic carbocycles. The van der Waals surface area contributed by atoms with Crippen molar-refractivity contribution in [3.05, 3.63) is 72.3 Å². The first-order chi connectivity index (χ1) is 11.3. The Morgan fingerprint density at radius 1 is 0.870 bits per heavy atom. The minimum Gasteiger partial charge on any atom is -0.497 e. The quantitative estimate of drug-likeness (QED) is 0.752. The van der Waals surface area contributed by atoms with Crippen LogP contribution in [-0.2, 0) is 6.42 Å². The van der Waals surface area contributed by atoms with E-state index in [-0.39, 0.29) is 0 Å². The van der Waals surface area contributed by atoms with E-state index in [2.05, 4.69) is 39.8 Å². The maximum absolute atomic E-state index is 5.16. The molecule has 116 valence electrons. The molecule has 3 aromatic rings. The first kappa shape index (κ1) is 15.0. The van der Waals surface area contributed by atoms with E-state index in [1.165, 1.54) is 5.56 Å². The molecule has 0 saturated heterocycles. The van der Waals surface area contributed by atoms with Gasteiger partial charge in [-0.05, 0) is 48.4 Å². The van der Waals surface area contributed by atoms with Gasteiger partial charge in [0.2, 0.25) is 0 Å². The number of anilines is 1. The van der Waals surface area contributed by atoms with E-state index in [0.717, 1.165) is 35.8 Å². The topological polar surface area (TPSA) is 47.0 Å². The Morgan fingerprint density at radius 3 is 2.30 bits per heavy atom. The molecule has 0 aliphatic heterocycles. The van der Waals surface area contributed by atoms with Gasteiger partial charge in [0.1, 0.15) is 11.6 Å². The van der Waals surface area contributed by atoms with Crippen molar-refractivity contribution >= 4 is 5.82 Å². The third kappa shape index (κ3) is 4.07. The summed E-state index contributed by atoms with van der Waals surface area (Å²) in [5.74, 6) is 1.62. The molecule has 0 amide bonds. The molecule has 23 heavy (non-hydrogen) atoms. The molecule has 4 nitrogen and oxygen atoms in total. The van der Waals surface area contributed by atoms with Crippen LogP contribution in [0.15, 0.2) is 66.7 Å². The molecule has 0 atom stereocenters. The van der Waals surface area contributed by atoms with Gasteiger partial charge < -0.3 is 10.1 Å². The van der Waals surface area contributed by atoms with E-state index in [4.69, 9.17) is 4.74 Å². The van der Waals surface area contributed by atoms with Crippen LogP contribution in [0.3, 0.4) is 0 Å². The number of nitrogens with one attached hydrogen (secondary N) is 1. The highest BCUT2D eigenvalue weighted by Crippen LogP contribution is 2.20. The van der Waals surface area contributed by atoms with Crippen LogP contribution >= 0.6 is 0 Å². The second-order valence-corrected chi connectivity index (χ2v) is 5.19. The first-order valence-corrected chi connectivity index (χ1v) is 7.61. The maximum atomic E-state index is 5.16. The highest BCUT2D eigenvalue weighted by atomic mass is 16.5. The van der Waals surface area contributed by atoms with Crippen molar-refractivity contribution in [1.29, 1.82) is 0 Å². The molecule has 2 aromatic carbocycles. The summed E-state index contributed by atoms with van der Waals surface area (Å²) in [6.45, 7) is 0.834. The zero-order valence-electron chi connectivity index (χ0n) is 13.1. The van der Waals surface area contributed by atoms with Crippen LogP contribution in [0.25, 0.3) is 11.3 Å². The average Bonchev–Trinajstić information content (AvgIpc) is 2.63. The highest BCUT2D eigenvalue weighted by molar-refractivity contribution is 5.60. The predicted octanol–water partition coefficient (Wildman–Crippen LogP) is 3.81. The lowest BCUT2D eigenvalue weighted by Gasteiger charge is -2.06. The Labute approximate surface area is 136 Å². The van der Waals surface area contributed by atoms with Crippen molar-refractivity contribution < 1.29 is 4.74 Å². The van der Waals surface area contributed by atoms with Gasteiger partial charge in [-0.25, -0.2) is 0 Å². The van der Waals surface area contributed by atoms with Gasteiger partial charge in [0.15, 0.2) is 0 Å². The first-order valence-electron chi connectivity index (χ1n) is 7.61. The van der Waals surface area contributed by atoms with Gasteiger partial charge in [0, 0.05) is 12.1 Å². The zero-order valence-corrected chi connectivity index (χ0v) is 13.1. The molecule has 0 bridgehead atoms. The van der Waals surface area contributed by atoms with Gasteiger partial charge in [0.25, 0.3) is 0 Å². The molecule has 3 rings (SSSR count). The maximum Gasteiger partial charge on any atom is 0.148 e. The molecule has 0 fully saturated rings. The number of benzene rings is 2. The van der Waals surface area contributed by atoms with E-state index in [0.29, 0.717) is 0 Å². The lowest BCUT2D eigenvalue weighted by atomic mass is 10.1. The molecule has 4 heteroatoms. The smallest absolute Gasteiger partial charge is 0.148 e. The summed E-state index contributed by atoms with van der Waals surface area (Å²) in [7, 11) is 1.66. The van der Waals surface area contributed by atoms with Gasteiger partial charge >= 0.3 is 0 Å². The van der Waals surface area contributed by atoms with E-state index >= 15 is 0 Å². The lowest BCUT2D eigenvalue weighted by molar-refractivity contribution is 0.415. The fourth-order valence-corrected chi connectivity index (χ4v) is 2.32. The van der Waals surface area contributed by atoms with Crippen LogP contribution in [0.1, 0.15) is 5.56 Å². The molecule has 1 N–H and O–H groups in total. The zero-order chi connectivity index (χ0) is 15.9. The number of hydrogen-bond donors (Lipinski definition) is 1. The van der Waals surface area contributed by atoms with Crippen molar-refractivity contribution in [3.8, 4) is 17.0 Å². The molecular formula is C19H19N3O. The van der Waals surface area contributed by atoms with Gasteiger partial charge in [-0.1, -0.05) is 30.3 Å². The Balaban J connectivity index is 1.58. The van der Waals surface area contributed by atoms with E-state index in [1.807, 2.05) is 42.5 Å². The van der Waals surface area contributed by atoms with Gasteiger partial charge in [-0.15, -0.1) is 10.2 Å². The molecule has 1 aromatic heterocycles. The number of ether oxygens (including phenoxy) is 1. The Hall–Kier alpha value is -2.88.